The van der Waals surface area contributed by atoms with Crippen molar-refractivity contribution in [3.63, 3.8) is 0 Å². The van der Waals surface area contributed by atoms with E-state index in [0.29, 0.717) is 6.54 Å². The maximum atomic E-state index is 11.2. The number of rotatable bonds is 3. The van der Waals surface area contributed by atoms with Gasteiger partial charge in [0.2, 0.25) is 0 Å². The van der Waals surface area contributed by atoms with Crippen LogP contribution in [-0.2, 0) is 18.4 Å². The lowest BCUT2D eigenvalue weighted by atomic mass is 10.0. The SMILES string of the molecule is Cc1nnc(CN2CCCCC2C(=O)O)n1C. The molecule has 1 N–H and O–H groups in total. The summed E-state index contributed by atoms with van der Waals surface area (Å²) in [4.78, 5) is 13.1. The summed E-state index contributed by atoms with van der Waals surface area (Å²) in [5.41, 5.74) is 0. The molecule has 94 valence electrons. The molecule has 17 heavy (non-hydrogen) atoms. The zero-order chi connectivity index (χ0) is 12.4. The summed E-state index contributed by atoms with van der Waals surface area (Å²) in [7, 11) is 1.91. The van der Waals surface area contributed by atoms with Gasteiger partial charge in [0.05, 0.1) is 6.54 Å². The average Bonchev–Trinajstić information content (AvgIpc) is 2.61. The number of carbonyl (C=O) groups is 1. The Morgan fingerprint density at radius 2 is 2.24 bits per heavy atom. The Morgan fingerprint density at radius 1 is 1.47 bits per heavy atom. The molecule has 0 amide bonds. The molecule has 0 bridgehead atoms. The van der Waals surface area contributed by atoms with E-state index in [1.807, 2.05) is 23.4 Å². The van der Waals surface area contributed by atoms with Gasteiger partial charge in [-0.15, -0.1) is 10.2 Å². The summed E-state index contributed by atoms with van der Waals surface area (Å²) < 4.78 is 1.91. The molecule has 6 heteroatoms. The number of aromatic nitrogens is 3. The van der Waals surface area contributed by atoms with Crippen molar-refractivity contribution in [1.82, 2.24) is 19.7 Å². The molecule has 1 aromatic heterocycles. The Bertz CT molecular complexity index is 416. The molecule has 6 nitrogen and oxygen atoms in total. The monoisotopic (exact) mass is 238 g/mol. The highest BCUT2D eigenvalue weighted by Gasteiger charge is 2.29. The van der Waals surface area contributed by atoms with E-state index >= 15 is 0 Å². The summed E-state index contributed by atoms with van der Waals surface area (Å²) in [5, 5.41) is 17.2. The van der Waals surface area contributed by atoms with Gasteiger partial charge in [0.15, 0.2) is 0 Å². The van der Waals surface area contributed by atoms with Crippen LogP contribution in [0, 0.1) is 6.92 Å². The van der Waals surface area contributed by atoms with Crippen LogP contribution in [0.3, 0.4) is 0 Å². The number of likely N-dealkylation sites (tertiary alicyclic amines) is 1. The zero-order valence-corrected chi connectivity index (χ0v) is 10.3. The number of carboxylic acid groups (broad SMARTS) is 1. The molecule has 0 aromatic carbocycles. The van der Waals surface area contributed by atoms with Crippen LogP contribution in [0.4, 0.5) is 0 Å². The smallest absolute Gasteiger partial charge is 0.320 e. The third-order valence-corrected chi connectivity index (χ3v) is 3.43. The predicted octanol–water partition coefficient (Wildman–Crippen LogP) is 0.563. The van der Waals surface area contributed by atoms with Crippen LogP contribution in [-0.4, -0.2) is 43.3 Å². The first-order valence-corrected chi connectivity index (χ1v) is 5.91. The van der Waals surface area contributed by atoms with Crippen molar-refractivity contribution in [2.75, 3.05) is 6.54 Å². The van der Waals surface area contributed by atoms with Crippen molar-refractivity contribution in [2.24, 2.45) is 7.05 Å². The van der Waals surface area contributed by atoms with Crippen LogP contribution >= 0.6 is 0 Å². The molecule has 1 saturated heterocycles. The Morgan fingerprint density at radius 3 is 2.82 bits per heavy atom. The highest BCUT2D eigenvalue weighted by atomic mass is 16.4. The molecule has 1 unspecified atom stereocenters. The van der Waals surface area contributed by atoms with Gasteiger partial charge >= 0.3 is 5.97 Å². The van der Waals surface area contributed by atoms with E-state index in [2.05, 4.69) is 10.2 Å². The van der Waals surface area contributed by atoms with E-state index in [1.165, 1.54) is 0 Å². The van der Waals surface area contributed by atoms with Gasteiger partial charge in [-0.1, -0.05) is 6.42 Å². The minimum atomic E-state index is -0.733. The van der Waals surface area contributed by atoms with Crippen molar-refractivity contribution >= 4 is 5.97 Å². The fourth-order valence-corrected chi connectivity index (χ4v) is 2.23. The van der Waals surface area contributed by atoms with Crippen LogP contribution in [0.2, 0.25) is 0 Å². The third kappa shape index (κ3) is 2.46. The Balaban J connectivity index is 2.10. The predicted molar refractivity (Wildman–Crippen MR) is 61.4 cm³/mol. The molecular weight excluding hydrogens is 220 g/mol. The van der Waals surface area contributed by atoms with E-state index in [9.17, 15) is 9.90 Å². The van der Waals surface area contributed by atoms with E-state index in [4.69, 9.17) is 0 Å². The molecule has 1 aromatic rings. The van der Waals surface area contributed by atoms with Crippen LogP contribution in [0.1, 0.15) is 30.9 Å². The van der Waals surface area contributed by atoms with E-state index in [1.54, 1.807) is 0 Å². The van der Waals surface area contributed by atoms with Gasteiger partial charge in [-0.3, -0.25) is 9.69 Å². The second-order valence-electron chi connectivity index (χ2n) is 4.54. The van der Waals surface area contributed by atoms with Crippen molar-refractivity contribution in [3.05, 3.63) is 11.6 Å². The number of aryl methyl sites for hydroxylation is 1. The van der Waals surface area contributed by atoms with Gasteiger partial charge in [-0.2, -0.15) is 0 Å². The fourth-order valence-electron chi connectivity index (χ4n) is 2.23. The van der Waals surface area contributed by atoms with Crippen LogP contribution in [0.15, 0.2) is 0 Å². The second-order valence-corrected chi connectivity index (χ2v) is 4.54. The molecule has 2 heterocycles. The first-order chi connectivity index (χ1) is 8.09. The first kappa shape index (κ1) is 12.0. The molecule has 1 aliphatic heterocycles. The summed E-state index contributed by atoms with van der Waals surface area (Å²) in [6.45, 7) is 3.28. The van der Waals surface area contributed by atoms with Crippen molar-refractivity contribution in [3.8, 4) is 0 Å². The second kappa shape index (κ2) is 4.83. The topological polar surface area (TPSA) is 71.2 Å². The van der Waals surface area contributed by atoms with Crippen molar-refractivity contribution in [1.29, 1.82) is 0 Å². The van der Waals surface area contributed by atoms with Gasteiger partial charge in [-0.05, 0) is 26.3 Å². The number of piperidine rings is 1. The summed E-state index contributed by atoms with van der Waals surface area (Å²) in [5.74, 6) is 0.947. The lowest BCUT2D eigenvalue weighted by Gasteiger charge is -2.32. The van der Waals surface area contributed by atoms with Crippen molar-refractivity contribution in [2.45, 2.75) is 38.8 Å². The molecule has 0 saturated carbocycles. The summed E-state index contributed by atoms with van der Waals surface area (Å²) in [6.07, 6.45) is 2.78. The molecule has 1 fully saturated rings. The first-order valence-electron chi connectivity index (χ1n) is 5.91. The quantitative estimate of drug-likeness (QED) is 0.833. The third-order valence-electron chi connectivity index (χ3n) is 3.43. The number of nitrogens with zero attached hydrogens (tertiary/aromatic N) is 4. The molecule has 1 aliphatic rings. The highest BCUT2D eigenvalue weighted by molar-refractivity contribution is 5.73. The van der Waals surface area contributed by atoms with Crippen molar-refractivity contribution < 1.29 is 9.90 Å². The number of carboxylic acids is 1. The van der Waals surface area contributed by atoms with E-state index < -0.39 is 5.97 Å². The van der Waals surface area contributed by atoms with Crippen LogP contribution < -0.4 is 0 Å². The van der Waals surface area contributed by atoms with Gasteiger partial charge in [0.1, 0.15) is 17.7 Å². The zero-order valence-electron chi connectivity index (χ0n) is 10.3. The molecule has 1 atom stereocenters. The van der Waals surface area contributed by atoms with Gasteiger partial charge in [0, 0.05) is 7.05 Å². The van der Waals surface area contributed by atoms with Crippen LogP contribution in [0.5, 0.6) is 0 Å². The standard InChI is InChI=1S/C11H18N4O2/c1-8-12-13-10(14(8)2)7-15-6-4-3-5-9(15)11(16)17/h9H,3-7H2,1-2H3,(H,16,17). The number of hydrogen-bond acceptors (Lipinski definition) is 4. The normalized spacial score (nSPS) is 21.6. The van der Waals surface area contributed by atoms with Gasteiger partial charge < -0.3 is 9.67 Å². The maximum absolute atomic E-state index is 11.2. The lowest BCUT2D eigenvalue weighted by Crippen LogP contribution is -2.44. The molecular formula is C11H18N4O2. The van der Waals surface area contributed by atoms with Crippen LogP contribution in [0.25, 0.3) is 0 Å². The molecule has 0 spiro atoms. The average molecular weight is 238 g/mol. The molecule has 0 radical (unpaired) electrons. The largest absolute Gasteiger partial charge is 0.480 e. The molecule has 0 aliphatic carbocycles. The Labute approximate surface area is 100 Å². The van der Waals surface area contributed by atoms with E-state index in [0.717, 1.165) is 37.5 Å². The number of hydrogen-bond donors (Lipinski definition) is 1. The fraction of sp³-hybridized carbons (Fsp3) is 0.727. The number of aliphatic carboxylic acids is 1. The Hall–Kier alpha value is -1.43. The lowest BCUT2D eigenvalue weighted by molar-refractivity contribution is -0.144. The van der Waals surface area contributed by atoms with Gasteiger partial charge in [0.25, 0.3) is 0 Å². The minimum absolute atomic E-state index is 0.374. The molecule has 2 rings (SSSR count). The summed E-state index contributed by atoms with van der Waals surface area (Å²) in [6, 6.07) is -0.374. The highest BCUT2D eigenvalue weighted by Crippen LogP contribution is 2.19. The maximum Gasteiger partial charge on any atom is 0.320 e. The van der Waals surface area contributed by atoms with E-state index in [-0.39, 0.29) is 6.04 Å². The summed E-state index contributed by atoms with van der Waals surface area (Å²) >= 11 is 0. The minimum Gasteiger partial charge on any atom is -0.480 e. The Kier molecular flexibility index (Phi) is 3.42. The van der Waals surface area contributed by atoms with Gasteiger partial charge in [-0.25, -0.2) is 0 Å².